The fourth-order valence-electron chi connectivity index (χ4n) is 7.54. The lowest BCUT2D eigenvalue weighted by Gasteiger charge is -2.40. The van der Waals surface area contributed by atoms with Crippen molar-refractivity contribution in [2.75, 3.05) is 13.2 Å². The van der Waals surface area contributed by atoms with Gasteiger partial charge in [-0.1, -0.05) is 206 Å². The molecule has 1 fully saturated rings. The first-order chi connectivity index (χ1) is 33.3. The first-order valence-electron chi connectivity index (χ1n) is 26.8. The van der Waals surface area contributed by atoms with Gasteiger partial charge in [0, 0.05) is 6.42 Å². The van der Waals surface area contributed by atoms with E-state index in [0.717, 1.165) is 83.5 Å². The monoisotopic (exact) mass is 948 g/mol. The Labute approximate surface area is 414 Å². The number of carbonyl (C=O) groups is 1. The maximum atomic E-state index is 13.0. The maximum absolute atomic E-state index is 13.0. The van der Waals surface area contributed by atoms with Gasteiger partial charge in [-0.15, -0.1) is 0 Å². The molecule has 68 heavy (non-hydrogen) atoms. The van der Waals surface area contributed by atoms with Crippen LogP contribution in [0.25, 0.3) is 0 Å². The molecule has 0 aromatic rings. The molecule has 1 saturated heterocycles. The molecule has 1 rings (SSSR count). The van der Waals surface area contributed by atoms with Crippen LogP contribution in [0.1, 0.15) is 187 Å². The molecule has 0 aromatic carbocycles. The standard InChI is InChI=1S/C59H97NO8/c1-3-5-7-9-11-13-15-17-19-21-23-24-25-26-27-28-29-30-31-33-35-37-39-41-43-45-47-49-55(63)60-52(51-67-59-58(66)57(65)56(64)54(50-61)68-59)53(62)48-46-44-42-40-38-36-34-32-22-20-18-16-14-12-10-8-6-4-2/h5,7,11,13,17,19,23-24,26-27,29-30,33,35,38-41,46,48,52-54,56-59,61-62,64-66H,3-4,6,8-10,12,14-16,18,20-22,25,28,31-32,34,36-37,42-45,47,49-51H2,1-2H3,(H,60,63)/b7-5-,13-11-,19-17-,24-23-,27-26-,30-29-,35-33-,40-38+,41-39-,48-46+. The number of amides is 1. The number of aliphatic hydroxyl groups is 5. The number of aliphatic hydroxyl groups excluding tert-OH is 5. The summed E-state index contributed by atoms with van der Waals surface area (Å²) in [7, 11) is 0. The normalized spacial score (nSPS) is 20.6. The fraction of sp³-hybridized carbons (Fsp3) is 0.644. The zero-order chi connectivity index (χ0) is 49.4. The molecule has 9 heteroatoms. The Morgan fingerprint density at radius 2 is 0.926 bits per heavy atom. The Balaban J connectivity index is 2.35. The van der Waals surface area contributed by atoms with Crippen molar-refractivity contribution in [1.29, 1.82) is 0 Å². The van der Waals surface area contributed by atoms with Crippen molar-refractivity contribution in [1.82, 2.24) is 5.32 Å². The van der Waals surface area contributed by atoms with Crippen LogP contribution in [0.15, 0.2) is 122 Å². The summed E-state index contributed by atoms with van der Waals surface area (Å²) in [6.07, 6.45) is 63.9. The molecule has 1 aliphatic heterocycles. The van der Waals surface area contributed by atoms with E-state index in [0.29, 0.717) is 6.42 Å². The SMILES string of the molecule is CC/C=C\C/C=C\C/C=C\C/C=C\C/C=C\C/C=C\C/C=C\C/C=C\CCCCC(=O)NC(COC1OC(CO)C(O)C(O)C1O)C(O)/C=C/CC/C=C/CCCCCCCCCCCCCC. The summed E-state index contributed by atoms with van der Waals surface area (Å²) < 4.78 is 11.2. The van der Waals surface area contributed by atoms with Gasteiger partial charge in [-0.3, -0.25) is 4.79 Å². The number of hydrogen-bond acceptors (Lipinski definition) is 8. The lowest BCUT2D eigenvalue weighted by Crippen LogP contribution is -2.60. The van der Waals surface area contributed by atoms with Crippen molar-refractivity contribution < 1.29 is 39.8 Å². The molecule has 1 amide bonds. The van der Waals surface area contributed by atoms with Gasteiger partial charge in [-0.05, 0) is 96.3 Å². The van der Waals surface area contributed by atoms with Crippen molar-refractivity contribution in [2.45, 2.75) is 230 Å². The van der Waals surface area contributed by atoms with Gasteiger partial charge in [0.05, 0.1) is 25.4 Å². The summed E-state index contributed by atoms with van der Waals surface area (Å²) in [6, 6.07) is -0.855. The van der Waals surface area contributed by atoms with E-state index >= 15 is 0 Å². The zero-order valence-electron chi connectivity index (χ0n) is 42.6. The maximum Gasteiger partial charge on any atom is 0.220 e. The molecule has 7 atom stereocenters. The van der Waals surface area contributed by atoms with E-state index in [4.69, 9.17) is 9.47 Å². The third-order valence-electron chi connectivity index (χ3n) is 11.8. The predicted molar refractivity (Wildman–Crippen MR) is 285 cm³/mol. The highest BCUT2D eigenvalue weighted by molar-refractivity contribution is 5.76. The second kappa shape index (κ2) is 47.3. The van der Waals surface area contributed by atoms with Crippen LogP contribution in [0, 0.1) is 0 Å². The Hall–Kier alpha value is -3.41. The molecule has 0 spiro atoms. The molecule has 6 N–H and O–H groups in total. The van der Waals surface area contributed by atoms with E-state index in [1.165, 1.54) is 77.0 Å². The van der Waals surface area contributed by atoms with Crippen LogP contribution < -0.4 is 5.32 Å². The van der Waals surface area contributed by atoms with Crippen LogP contribution >= 0.6 is 0 Å². The van der Waals surface area contributed by atoms with E-state index < -0.39 is 49.5 Å². The molecular weight excluding hydrogens is 851 g/mol. The first kappa shape index (κ1) is 62.6. The molecule has 0 aromatic heterocycles. The molecule has 7 unspecified atom stereocenters. The molecule has 386 valence electrons. The number of ether oxygens (including phenoxy) is 2. The van der Waals surface area contributed by atoms with Gasteiger partial charge in [0.15, 0.2) is 6.29 Å². The average Bonchev–Trinajstić information content (AvgIpc) is 3.34. The van der Waals surface area contributed by atoms with Crippen LogP contribution in [0.3, 0.4) is 0 Å². The zero-order valence-corrected chi connectivity index (χ0v) is 42.6. The van der Waals surface area contributed by atoms with E-state index in [1.54, 1.807) is 6.08 Å². The van der Waals surface area contributed by atoms with Crippen LogP contribution in [-0.4, -0.2) is 87.5 Å². The van der Waals surface area contributed by atoms with Gasteiger partial charge in [-0.2, -0.15) is 0 Å². The quantitative estimate of drug-likeness (QED) is 0.0261. The fourth-order valence-corrected chi connectivity index (χ4v) is 7.54. The topological polar surface area (TPSA) is 149 Å². The number of allylic oxidation sites excluding steroid dienone is 19. The van der Waals surface area contributed by atoms with Crippen molar-refractivity contribution >= 4 is 5.91 Å². The first-order valence-corrected chi connectivity index (χ1v) is 26.8. The smallest absolute Gasteiger partial charge is 0.220 e. The molecule has 0 aliphatic carbocycles. The second-order valence-corrected chi connectivity index (χ2v) is 17.9. The van der Waals surface area contributed by atoms with E-state index in [9.17, 15) is 30.3 Å². The Morgan fingerprint density at radius 1 is 0.515 bits per heavy atom. The van der Waals surface area contributed by atoms with Gasteiger partial charge < -0.3 is 40.3 Å². The lowest BCUT2D eigenvalue weighted by molar-refractivity contribution is -0.302. The van der Waals surface area contributed by atoms with E-state index in [2.05, 4.69) is 129 Å². The number of unbranched alkanes of at least 4 members (excludes halogenated alkanes) is 15. The van der Waals surface area contributed by atoms with Crippen LogP contribution in [0.5, 0.6) is 0 Å². The van der Waals surface area contributed by atoms with Gasteiger partial charge in [0.2, 0.25) is 5.91 Å². The van der Waals surface area contributed by atoms with Crippen molar-refractivity contribution in [3.63, 3.8) is 0 Å². The van der Waals surface area contributed by atoms with Gasteiger partial charge in [0.1, 0.15) is 24.4 Å². The Bertz CT molecular complexity index is 1470. The highest BCUT2D eigenvalue weighted by Gasteiger charge is 2.44. The van der Waals surface area contributed by atoms with Gasteiger partial charge >= 0.3 is 0 Å². The Morgan fingerprint density at radius 3 is 1.41 bits per heavy atom. The number of carbonyl (C=O) groups excluding carboxylic acids is 1. The average molecular weight is 948 g/mol. The summed E-state index contributed by atoms with van der Waals surface area (Å²) in [5.41, 5.74) is 0. The predicted octanol–water partition coefficient (Wildman–Crippen LogP) is 12.8. The van der Waals surface area contributed by atoms with Crippen molar-refractivity contribution in [3.8, 4) is 0 Å². The minimum absolute atomic E-state index is 0.227. The number of nitrogens with one attached hydrogen (secondary N) is 1. The summed E-state index contributed by atoms with van der Waals surface area (Å²) in [5, 5.41) is 54.3. The molecule has 0 radical (unpaired) electrons. The summed E-state index contributed by atoms with van der Waals surface area (Å²) >= 11 is 0. The third kappa shape index (κ3) is 36.6. The lowest BCUT2D eigenvalue weighted by atomic mass is 9.99. The second-order valence-electron chi connectivity index (χ2n) is 17.9. The molecule has 1 aliphatic rings. The largest absolute Gasteiger partial charge is 0.394 e. The van der Waals surface area contributed by atoms with Crippen molar-refractivity contribution in [3.05, 3.63) is 122 Å². The van der Waals surface area contributed by atoms with Crippen LogP contribution in [0.4, 0.5) is 0 Å². The molecular formula is C59H97NO8. The van der Waals surface area contributed by atoms with E-state index in [1.807, 2.05) is 6.08 Å². The van der Waals surface area contributed by atoms with Crippen LogP contribution in [-0.2, 0) is 14.3 Å². The minimum atomic E-state index is -1.59. The molecule has 0 bridgehead atoms. The molecule has 0 saturated carbocycles. The summed E-state index contributed by atoms with van der Waals surface area (Å²) in [4.78, 5) is 13.0. The van der Waals surface area contributed by atoms with E-state index in [-0.39, 0.29) is 18.9 Å². The minimum Gasteiger partial charge on any atom is -0.394 e. The third-order valence-corrected chi connectivity index (χ3v) is 11.8. The number of hydrogen-bond donors (Lipinski definition) is 6. The van der Waals surface area contributed by atoms with Gasteiger partial charge in [-0.25, -0.2) is 0 Å². The summed E-state index contributed by atoms with van der Waals surface area (Å²) in [5.74, 6) is -0.234. The summed E-state index contributed by atoms with van der Waals surface area (Å²) in [6.45, 7) is 3.61. The number of rotatable bonds is 43. The van der Waals surface area contributed by atoms with Crippen LogP contribution in [0.2, 0.25) is 0 Å². The highest BCUT2D eigenvalue weighted by Crippen LogP contribution is 2.22. The highest BCUT2D eigenvalue weighted by atomic mass is 16.7. The molecule has 9 nitrogen and oxygen atoms in total. The molecule has 1 heterocycles. The van der Waals surface area contributed by atoms with Crippen molar-refractivity contribution in [2.24, 2.45) is 0 Å². The Kier molecular flexibility index (Phi) is 43.5. The van der Waals surface area contributed by atoms with Gasteiger partial charge in [0.25, 0.3) is 0 Å².